The third-order valence-electron chi connectivity index (χ3n) is 4.77. The molecule has 2 aromatic carbocycles. The van der Waals surface area contributed by atoms with Crippen LogP contribution >= 0.6 is 0 Å². The van der Waals surface area contributed by atoms with Crippen molar-refractivity contribution in [2.45, 2.75) is 26.7 Å². The zero-order valence-electron chi connectivity index (χ0n) is 17.4. The summed E-state index contributed by atoms with van der Waals surface area (Å²) in [5, 5.41) is 6.20. The number of aromatic nitrogens is 2. The number of benzene rings is 2. The fraction of sp³-hybridized carbons (Fsp3) is 0.261. The summed E-state index contributed by atoms with van der Waals surface area (Å²) in [7, 11) is 3.99. The molecule has 29 heavy (non-hydrogen) atoms. The maximum Gasteiger partial charge on any atom is 0.274 e. The molecule has 3 rings (SSSR count). The molecule has 0 saturated heterocycles. The number of rotatable bonds is 7. The van der Waals surface area contributed by atoms with Crippen molar-refractivity contribution in [3.05, 3.63) is 71.5 Å². The van der Waals surface area contributed by atoms with Gasteiger partial charge in [-0.1, -0.05) is 32.0 Å². The molecule has 0 aliphatic carbocycles. The Bertz CT molecular complexity index is 961. The molecule has 0 radical (unpaired) electrons. The normalized spacial score (nSPS) is 10.5. The maximum atomic E-state index is 12.8. The Morgan fingerprint density at radius 1 is 0.966 bits per heavy atom. The van der Waals surface area contributed by atoms with E-state index in [1.807, 2.05) is 61.5 Å². The van der Waals surface area contributed by atoms with Gasteiger partial charge in [0.05, 0.1) is 0 Å². The lowest BCUT2D eigenvalue weighted by atomic mass is 10.0. The summed E-state index contributed by atoms with van der Waals surface area (Å²) in [6, 6.07) is 15.7. The first-order valence-electron chi connectivity index (χ1n) is 9.81. The van der Waals surface area contributed by atoms with Gasteiger partial charge in [-0.15, -0.1) is 0 Å². The first-order chi connectivity index (χ1) is 14.0. The molecule has 0 aliphatic heterocycles. The number of aryl methyl sites for hydroxylation is 2. The van der Waals surface area contributed by atoms with Gasteiger partial charge in [0, 0.05) is 37.4 Å². The van der Waals surface area contributed by atoms with Crippen molar-refractivity contribution >= 4 is 28.9 Å². The lowest BCUT2D eigenvalue weighted by Gasteiger charge is -2.15. The van der Waals surface area contributed by atoms with Crippen LogP contribution in [0.1, 0.15) is 35.5 Å². The Morgan fingerprint density at radius 3 is 2.21 bits per heavy atom. The monoisotopic (exact) mass is 389 g/mol. The highest BCUT2D eigenvalue weighted by Gasteiger charge is 2.14. The van der Waals surface area contributed by atoms with Gasteiger partial charge in [0.15, 0.2) is 0 Å². The van der Waals surface area contributed by atoms with Crippen molar-refractivity contribution < 1.29 is 4.79 Å². The first-order valence-corrected chi connectivity index (χ1v) is 9.81. The Morgan fingerprint density at radius 2 is 1.62 bits per heavy atom. The molecular formula is C23H27N5O. The van der Waals surface area contributed by atoms with Gasteiger partial charge in [0.25, 0.3) is 5.91 Å². The molecule has 0 unspecified atom stereocenters. The van der Waals surface area contributed by atoms with Gasteiger partial charge in [-0.2, -0.15) is 0 Å². The van der Waals surface area contributed by atoms with Crippen LogP contribution in [0.25, 0.3) is 0 Å². The standard InChI is InChI=1S/C23H27N5O/c1-5-16-8-7-9-17(6-2)21(16)27-22(29)20-14-15-24-23(26-20)25-18-10-12-19(13-11-18)28(3)4/h7-15H,5-6H2,1-4H3,(H,27,29)(H,24,25,26). The number of hydrogen-bond acceptors (Lipinski definition) is 5. The second kappa shape index (κ2) is 9.19. The number of anilines is 4. The van der Waals surface area contributed by atoms with E-state index in [0.717, 1.165) is 41.0 Å². The van der Waals surface area contributed by atoms with E-state index in [1.54, 1.807) is 12.3 Å². The number of para-hydroxylation sites is 1. The molecular weight excluding hydrogens is 362 g/mol. The van der Waals surface area contributed by atoms with Gasteiger partial charge >= 0.3 is 0 Å². The molecule has 0 saturated carbocycles. The molecule has 0 fully saturated rings. The average Bonchev–Trinajstić information content (AvgIpc) is 2.74. The predicted octanol–water partition coefficient (Wildman–Crippen LogP) is 4.66. The van der Waals surface area contributed by atoms with Gasteiger partial charge in [0.2, 0.25) is 5.95 Å². The van der Waals surface area contributed by atoms with Gasteiger partial charge in [-0.3, -0.25) is 4.79 Å². The summed E-state index contributed by atoms with van der Waals surface area (Å²) in [6.07, 6.45) is 3.29. The van der Waals surface area contributed by atoms with Crippen LogP contribution in [-0.4, -0.2) is 30.0 Å². The summed E-state index contributed by atoms with van der Waals surface area (Å²) in [6.45, 7) is 4.16. The molecule has 6 nitrogen and oxygen atoms in total. The SMILES string of the molecule is CCc1cccc(CC)c1NC(=O)c1ccnc(Nc2ccc(N(C)C)cc2)n1. The maximum absolute atomic E-state index is 12.8. The zero-order valence-corrected chi connectivity index (χ0v) is 17.4. The molecule has 2 N–H and O–H groups in total. The summed E-state index contributed by atoms with van der Waals surface area (Å²) < 4.78 is 0. The molecule has 0 atom stereocenters. The van der Waals surface area contributed by atoms with Crippen LogP contribution in [0.5, 0.6) is 0 Å². The van der Waals surface area contributed by atoms with Gasteiger partial charge in [-0.25, -0.2) is 9.97 Å². The quantitative estimate of drug-likeness (QED) is 0.615. The first kappa shape index (κ1) is 20.3. The highest BCUT2D eigenvalue weighted by molar-refractivity contribution is 6.03. The third-order valence-corrected chi connectivity index (χ3v) is 4.77. The second-order valence-corrected chi connectivity index (χ2v) is 6.94. The lowest BCUT2D eigenvalue weighted by molar-refractivity contribution is 0.102. The van der Waals surface area contributed by atoms with E-state index in [2.05, 4.69) is 34.4 Å². The Labute approximate surface area is 172 Å². The van der Waals surface area contributed by atoms with Crippen LogP contribution in [-0.2, 0) is 12.8 Å². The summed E-state index contributed by atoms with van der Waals surface area (Å²) in [5.41, 5.74) is 5.40. The van der Waals surface area contributed by atoms with Crippen molar-refractivity contribution in [1.29, 1.82) is 0 Å². The Kier molecular flexibility index (Phi) is 6.44. The molecule has 3 aromatic rings. The topological polar surface area (TPSA) is 70.2 Å². The van der Waals surface area contributed by atoms with Gasteiger partial charge in [0.1, 0.15) is 5.69 Å². The van der Waals surface area contributed by atoms with Crippen LogP contribution in [0, 0.1) is 0 Å². The number of nitrogens with one attached hydrogen (secondary N) is 2. The number of carbonyl (C=O) groups excluding carboxylic acids is 1. The van der Waals surface area contributed by atoms with Gasteiger partial charge < -0.3 is 15.5 Å². The average molecular weight is 390 g/mol. The Balaban J connectivity index is 1.78. The van der Waals surface area contributed by atoms with Crippen LogP contribution < -0.4 is 15.5 Å². The highest BCUT2D eigenvalue weighted by atomic mass is 16.1. The minimum absolute atomic E-state index is 0.242. The van der Waals surface area contributed by atoms with Crippen molar-refractivity contribution in [1.82, 2.24) is 9.97 Å². The fourth-order valence-electron chi connectivity index (χ4n) is 3.10. The van der Waals surface area contributed by atoms with Crippen LogP contribution in [0.3, 0.4) is 0 Å². The van der Waals surface area contributed by atoms with Crippen LogP contribution in [0.2, 0.25) is 0 Å². The number of nitrogens with zero attached hydrogens (tertiary/aromatic N) is 3. The van der Waals surface area contributed by atoms with Crippen molar-refractivity contribution in [2.24, 2.45) is 0 Å². The molecule has 0 aliphatic rings. The number of carbonyl (C=O) groups is 1. The molecule has 1 aromatic heterocycles. The fourth-order valence-corrected chi connectivity index (χ4v) is 3.10. The summed E-state index contributed by atoms with van der Waals surface area (Å²) >= 11 is 0. The molecule has 0 bridgehead atoms. The largest absolute Gasteiger partial charge is 0.378 e. The van der Waals surface area contributed by atoms with Crippen molar-refractivity contribution in [3.63, 3.8) is 0 Å². The molecule has 150 valence electrons. The van der Waals surface area contributed by atoms with Crippen LogP contribution in [0.4, 0.5) is 23.0 Å². The van der Waals surface area contributed by atoms with E-state index in [1.165, 1.54) is 0 Å². The zero-order chi connectivity index (χ0) is 20.8. The Hall–Kier alpha value is -3.41. The van der Waals surface area contributed by atoms with E-state index in [-0.39, 0.29) is 5.91 Å². The summed E-state index contributed by atoms with van der Waals surface area (Å²) in [5.74, 6) is 0.142. The minimum atomic E-state index is -0.242. The van der Waals surface area contributed by atoms with E-state index in [4.69, 9.17) is 0 Å². The highest BCUT2D eigenvalue weighted by Crippen LogP contribution is 2.23. The molecule has 0 spiro atoms. The molecule has 6 heteroatoms. The van der Waals surface area contributed by atoms with Crippen LogP contribution in [0.15, 0.2) is 54.7 Å². The predicted molar refractivity (Wildman–Crippen MR) is 119 cm³/mol. The minimum Gasteiger partial charge on any atom is -0.378 e. The summed E-state index contributed by atoms with van der Waals surface area (Å²) in [4.78, 5) is 23.5. The van der Waals surface area contributed by atoms with E-state index >= 15 is 0 Å². The smallest absolute Gasteiger partial charge is 0.274 e. The third kappa shape index (κ3) is 4.90. The number of hydrogen-bond donors (Lipinski definition) is 2. The molecule has 1 amide bonds. The molecule has 1 heterocycles. The number of amides is 1. The second-order valence-electron chi connectivity index (χ2n) is 6.94. The van der Waals surface area contributed by atoms with Crippen molar-refractivity contribution in [2.75, 3.05) is 29.6 Å². The lowest BCUT2D eigenvalue weighted by Crippen LogP contribution is -2.17. The van der Waals surface area contributed by atoms with E-state index in [9.17, 15) is 4.79 Å². The van der Waals surface area contributed by atoms with Gasteiger partial charge in [-0.05, 0) is 54.3 Å². The van der Waals surface area contributed by atoms with E-state index < -0.39 is 0 Å². The van der Waals surface area contributed by atoms with E-state index in [0.29, 0.717) is 11.6 Å². The van der Waals surface area contributed by atoms with Crippen molar-refractivity contribution in [3.8, 4) is 0 Å².